The summed E-state index contributed by atoms with van der Waals surface area (Å²) in [5.74, 6) is 0. The Kier molecular flexibility index (Phi) is 4.01. The number of nitrogens with zero attached hydrogens (tertiary/aromatic N) is 4. The van der Waals surface area contributed by atoms with Gasteiger partial charge in [0.15, 0.2) is 0 Å². The molecule has 0 aliphatic rings. The number of para-hydroxylation sites is 1. The summed E-state index contributed by atoms with van der Waals surface area (Å²) in [6, 6.07) is 17.3. The van der Waals surface area contributed by atoms with Crippen LogP contribution in [0.2, 0.25) is 0 Å². The van der Waals surface area contributed by atoms with E-state index in [0.717, 1.165) is 42.2 Å². The Morgan fingerprint density at radius 2 is 1.82 bits per heavy atom. The molecule has 0 aliphatic carbocycles. The number of fused-ring (bicyclic) bond motifs is 3. The molecular formula is C22H15IN4O. The summed E-state index contributed by atoms with van der Waals surface area (Å²) in [4.78, 5) is 17.5. The maximum atomic E-state index is 12.8. The van der Waals surface area contributed by atoms with Gasteiger partial charge in [-0.15, -0.1) is 0 Å². The zero-order valence-corrected chi connectivity index (χ0v) is 17.2. The van der Waals surface area contributed by atoms with Crippen LogP contribution in [0.25, 0.3) is 38.6 Å². The average molecular weight is 478 g/mol. The first-order valence-electron chi connectivity index (χ1n) is 8.80. The summed E-state index contributed by atoms with van der Waals surface area (Å²) in [6.45, 7) is 0. The molecule has 0 saturated heterocycles. The highest BCUT2D eigenvalue weighted by Crippen LogP contribution is 2.32. The van der Waals surface area contributed by atoms with E-state index in [2.05, 4.69) is 44.8 Å². The smallest absolute Gasteiger partial charge is 0.255 e. The number of benzene rings is 2. The first-order valence-corrected chi connectivity index (χ1v) is 9.88. The number of hydrogen-bond donors (Lipinski definition) is 0. The van der Waals surface area contributed by atoms with Crippen LogP contribution in [0.15, 0.2) is 78.0 Å². The zero-order chi connectivity index (χ0) is 19.3. The molecule has 28 heavy (non-hydrogen) atoms. The molecule has 0 N–H and O–H groups in total. The molecule has 5 nitrogen and oxygen atoms in total. The van der Waals surface area contributed by atoms with E-state index in [1.807, 2.05) is 62.0 Å². The van der Waals surface area contributed by atoms with Crippen LogP contribution in [0.1, 0.15) is 0 Å². The second kappa shape index (κ2) is 6.56. The van der Waals surface area contributed by atoms with Crippen LogP contribution < -0.4 is 5.56 Å². The van der Waals surface area contributed by atoms with Crippen molar-refractivity contribution in [3.05, 3.63) is 87.1 Å². The Labute approximate surface area is 174 Å². The van der Waals surface area contributed by atoms with E-state index in [-0.39, 0.29) is 5.56 Å². The van der Waals surface area contributed by atoms with Gasteiger partial charge in [0.05, 0.1) is 17.2 Å². The fourth-order valence-electron chi connectivity index (χ4n) is 3.55. The summed E-state index contributed by atoms with van der Waals surface area (Å²) in [5.41, 5.74) is 4.62. The normalized spacial score (nSPS) is 11.4. The van der Waals surface area contributed by atoms with Crippen molar-refractivity contribution >= 4 is 44.4 Å². The molecule has 0 unspecified atom stereocenters. The predicted octanol–water partition coefficient (Wildman–Crippen LogP) is 4.54. The Morgan fingerprint density at radius 1 is 1.00 bits per heavy atom. The number of aromatic nitrogens is 4. The van der Waals surface area contributed by atoms with Gasteiger partial charge in [-0.1, -0.05) is 18.2 Å². The van der Waals surface area contributed by atoms with Gasteiger partial charge in [0.2, 0.25) is 0 Å². The number of hydrogen-bond acceptors (Lipinski definition) is 3. The van der Waals surface area contributed by atoms with Crippen molar-refractivity contribution < 1.29 is 0 Å². The predicted molar refractivity (Wildman–Crippen MR) is 120 cm³/mol. The molecule has 0 bridgehead atoms. The maximum absolute atomic E-state index is 12.8. The molecular weight excluding hydrogens is 463 g/mol. The van der Waals surface area contributed by atoms with Crippen molar-refractivity contribution in [3.8, 4) is 16.8 Å². The number of aryl methyl sites for hydroxylation is 1. The van der Waals surface area contributed by atoms with Crippen LogP contribution in [0, 0.1) is 3.57 Å². The lowest BCUT2D eigenvalue weighted by atomic mass is 10.0. The molecule has 2 aromatic carbocycles. The minimum Gasteiger partial charge on any atom is -0.276 e. The molecule has 0 spiro atoms. The SMILES string of the molecule is Cn1cc(-c2cc3c(cc2I)ncc2ccc(=O)n(-c4ccccc4)c23)cn1. The second-order valence-electron chi connectivity index (χ2n) is 6.66. The third kappa shape index (κ3) is 2.72. The van der Waals surface area contributed by atoms with Crippen LogP contribution in [0.3, 0.4) is 0 Å². The fourth-order valence-corrected chi connectivity index (χ4v) is 4.31. The summed E-state index contributed by atoms with van der Waals surface area (Å²) in [6.07, 6.45) is 5.68. The van der Waals surface area contributed by atoms with Crippen molar-refractivity contribution in [2.45, 2.75) is 0 Å². The Hall–Kier alpha value is -3.00. The quantitative estimate of drug-likeness (QED) is 0.277. The van der Waals surface area contributed by atoms with Gasteiger partial charge in [0.1, 0.15) is 0 Å². The molecule has 3 heterocycles. The van der Waals surface area contributed by atoms with Gasteiger partial charge in [-0.05, 0) is 58.5 Å². The van der Waals surface area contributed by atoms with E-state index in [1.165, 1.54) is 0 Å². The first kappa shape index (κ1) is 17.1. The highest BCUT2D eigenvalue weighted by Gasteiger charge is 2.14. The lowest BCUT2D eigenvalue weighted by Gasteiger charge is -2.13. The van der Waals surface area contributed by atoms with E-state index in [9.17, 15) is 4.79 Å². The van der Waals surface area contributed by atoms with Crippen LogP contribution >= 0.6 is 22.6 Å². The largest absolute Gasteiger partial charge is 0.276 e. The molecule has 5 aromatic rings. The third-order valence-electron chi connectivity index (χ3n) is 4.84. The highest BCUT2D eigenvalue weighted by molar-refractivity contribution is 14.1. The van der Waals surface area contributed by atoms with Crippen molar-refractivity contribution in [1.82, 2.24) is 19.3 Å². The Morgan fingerprint density at radius 3 is 2.57 bits per heavy atom. The van der Waals surface area contributed by atoms with Crippen LogP contribution in [0.4, 0.5) is 0 Å². The van der Waals surface area contributed by atoms with E-state index >= 15 is 0 Å². The molecule has 3 aromatic heterocycles. The molecule has 5 rings (SSSR count). The molecule has 0 saturated carbocycles. The summed E-state index contributed by atoms with van der Waals surface area (Å²) >= 11 is 2.33. The number of halogens is 1. The zero-order valence-electron chi connectivity index (χ0n) is 15.0. The summed E-state index contributed by atoms with van der Waals surface area (Å²) < 4.78 is 4.64. The van der Waals surface area contributed by atoms with Gasteiger partial charge >= 0.3 is 0 Å². The Bertz CT molecular complexity index is 1400. The molecule has 6 heteroatoms. The van der Waals surface area contributed by atoms with E-state index in [0.29, 0.717) is 0 Å². The average Bonchev–Trinajstić information content (AvgIpc) is 3.14. The van der Waals surface area contributed by atoms with E-state index in [4.69, 9.17) is 0 Å². The number of pyridine rings is 2. The number of rotatable bonds is 2. The van der Waals surface area contributed by atoms with Crippen molar-refractivity contribution in [1.29, 1.82) is 0 Å². The van der Waals surface area contributed by atoms with Gasteiger partial charge < -0.3 is 0 Å². The fraction of sp³-hybridized carbons (Fsp3) is 0.0455. The van der Waals surface area contributed by atoms with Gasteiger partial charge in [0, 0.05) is 51.1 Å². The molecule has 0 radical (unpaired) electrons. The minimum atomic E-state index is -0.0623. The van der Waals surface area contributed by atoms with E-state index < -0.39 is 0 Å². The summed E-state index contributed by atoms with van der Waals surface area (Å²) in [5, 5.41) is 6.17. The molecule has 0 atom stereocenters. The topological polar surface area (TPSA) is 52.7 Å². The summed E-state index contributed by atoms with van der Waals surface area (Å²) in [7, 11) is 1.90. The Balaban J connectivity index is 1.93. The third-order valence-corrected chi connectivity index (χ3v) is 5.73. The molecule has 0 fully saturated rings. The second-order valence-corrected chi connectivity index (χ2v) is 7.82. The molecule has 0 aliphatic heterocycles. The van der Waals surface area contributed by atoms with Gasteiger partial charge in [-0.2, -0.15) is 5.10 Å². The van der Waals surface area contributed by atoms with Crippen LogP contribution in [0.5, 0.6) is 0 Å². The highest BCUT2D eigenvalue weighted by atomic mass is 127. The van der Waals surface area contributed by atoms with Crippen molar-refractivity contribution in [2.24, 2.45) is 7.05 Å². The van der Waals surface area contributed by atoms with Crippen molar-refractivity contribution in [3.63, 3.8) is 0 Å². The lowest BCUT2D eigenvalue weighted by Crippen LogP contribution is -2.17. The van der Waals surface area contributed by atoms with E-state index in [1.54, 1.807) is 15.3 Å². The minimum absolute atomic E-state index is 0.0623. The lowest BCUT2D eigenvalue weighted by molar-refractivity contribution is 0.768. The van der Waals surface area contributed by atoms with Gasteiger partial charge in [0.25, 0.3) is 5.56 Å². The van der Waals surface area contributed by atoms with Gasteiger partial charge in [-0.25, -0.2) is 0 Å². The van der Waals surface area contributed by atoms with Gasteiger partial charge in [-0.3, -0.25) is 19.0 Å². The maximum Gasteiger partial charge on any atom is 0.255 e. The van der Waals surface area contributed by atoms with Crippen LogP contribution in [-0.4, -0.2) is 19.3 Å². The van der Waals surface area contributed by atoms with Crippen LogP contribution in [-0.2, 0) is 7.05 Å². The molecule has 0 amide bonds. The monoisotopic (exact) mass is 478 g/mol. The van der Waals surface area contributed by atoms with Crippen molar-refractivity contribution in [2.75, 3.05) is 0 Å². The standard InChI is InChI=1S/C22H15IN4O/c1-26-13-15(12-25-26)17-9-18-20(10-19(17)23)24-11-14-7-8-21(28)27(22(14)18)16-5-3-2-4-6-16/h2-13H,1H3. The molecule has 136 valence electrons. The first-order chi connectivity index (χ1) is 13.6.